The van der Waals surface area contributed by atoms with Gasteiger partial charge in [-0.15, -0.1) is 24.0 Å². The van der Waals surface area contributed by atoms with Crippen molar-refractivity contribution >= 4 is 29.9 Å². The van der Waals surface area contributed by atoms with Gasteiger partial charge in [0.15, 0.2) is 5.96 Å². The molecular formula is C18H31F2IN4O2. The maximum atomic E-state index is 12.6. The van der Waals surface area contributed by atoms with Crippen molar-refractivity contribution in [1.82, 2.24) is 15.5 Å². The molecule has 1 rings (SSSR count). The lowest BCUT2D eigenvalue weighted by atomic mass is 10.1. The first-order valence-corrected chi connectivity index (χ1v) is 8.70. The Bertz CT molecular complexity index is 562. The number of rotatable bonds is 11. The van der Waals surface area contributed by atoms with Crippen molar-refractivity contribution in [2.45, 2.75) is 27.0 Å². The van der Waals surface area contributed by atoms with Gasteiger partial charge in [0, 0.05) is 38.9 Å². The number of aryl methyl sites for hydroxylation is 1. The zero-order valence-corrected chi connectivity index (χ0v) is 18.8. The molecule has 0 atom stereocenters. The Morgan fingerprint density at radius 2 is 2.00 bits per heavy atom. The number of hydrogen-bond donors (Lipinski definition) is 2. The van der Waals surface area contributed by atoms with Crippen molar-refractivity contribution in [2.75, 3.05) is 46.9 Å². The third-order valence-electron chi connectivity index (χ3n) is 3.65. The van der Waals surface area contributed by atoms with Crippen LogP contribution in [0.2, 0.25) is 0 Å². The Hall–Kier alpha value is -1.20. The molecule has 2 N–H and O–H groups in total. The fourth-order valence-electron chi connectivity index (χ4n) is 2.27. The fourth-order valence-corrected chi connectivity index (χ4v) is 2.27. The van der Waals surface area contributed by atoms with Crippen LogP contribution >= 0.6 is 24.0 Å². The summed E-state index contributed by atoms with van der Waals surface area (Å²) in [5.74, 6) is 0.793. The number of nitrogens with zero attached hydrogens (tertiary/aromatic N) is 2. The summed E-state index contributed by atoms with van der Waals surface area (Å²) in [5.41, 5.74) is 1.59. The molecule has 1 aromatic rings. The van der Waals surface area contributed by atoms with Crippen LogP contribution in [0.3, 0.4) is 0 Å². The second kappa shape index (κ2) is 14.8. The molecule has 1 aromatic carbocycles. The summed E-state index contributed by atoms with van der Waals surface area (Å²) in [6.45, 7) is 5.05. The molecule has 0 fully saturated rings. The molecule has 0 spiro atoms. The van der Waals surface area contributed by atoms with Crippen molar-refractivity contribution in [1.29, 1.82) is 0 Å². The average Bonchev–Trinajstić information content (AvgIpc) is 2.59. The van der Waals surface area contributed by atoms with Gasteiger partial charge in [0.1, 0.15) is 5.75 Å². The number of benzene rings is 1. The van der Waals surface area contributed by atoms with Crippen molar-refractivity contribution < 1.29 is 18.3 Å². The van der Waals surface area contributed by atoms with Crippen LogP contribution in [0.15, 0.2) is 23.2 Å². The number of aliphatic imine (C=N–C) groups is 1. The lowest BCUT2D eigenvalue weighted by Crippen LogP contribution is -2.41. The lowest BCUT2D eigenvalue weighted by molar-refractivity contribution is -0.0504. The number of nitrogens with one attached hydrogen (secondary N) is 2. The predicted octanol–water partition coefficient (Wildman–Crippen LogP) is 2.85. The summed E-state index contributed by atoms with van der Waals surface area (Å²) in [6, 6.07) is 5.10. The number of hydrogen-bond acceptors (Lipinski definition) is 4. The van der Waals surface area contributed by atoms with Crippen LogP contribution in [0, 0.1) is 6.92 Å². The van der Waals surface area contributed by atoms with Gasteiger partial charge in [-0.1, -0.05) is 17.7 Å². The van der Waals surface area contributed by atoms with Crippen molar-refractivity contribution in [3.63, 3.8) is 0 Å². The maximum absolute atomic E-state index is 12.6. The largest absolute Gasteiger partial charge is 0.434 e. The van der Waals surface area contributed by atoms with Gasteiger partial charge in [0.05, 0.1) is 13.2 Å². The minimum absolute atomic E-state index is 0. The summed E-state index contributed by atoms with van der Waals surface area (Å²) in [6.07, 6.45) is 0. The van der Waals surface area contributed by atoms with E-state index in [1.165, 1.54) is 0 Å². The van der Waals surface area contributed by atoms with Gasteiger partial charge in [-0.25, -0.2) is 4.99 Å². The van der Waals surface area contributed by atoms with Gasteiger partial charge in [0.25, 0.3) is 0 Å². The van der Waals surface area contributed by atoms with Crippen LogP contribution in [0.25, 0.3) is 0 Å². The van der Waals surface area contributed by atoms with Gasteiger partial charge in [-0.3, -0.25) is 0 Å². The first-order valence-electron chi connectivity index (χ1n) is 8.70. The van der Waals surface area contributed by atoms with Crippen LogP contribution in [0.5, 0.6) is 5.75 Å². The van der Waals surface area contributed by atoms with Gasteiger partial charge in [0.2, 0.25) is 0 Å². The SMILES string of the molecule is CCNC(=NCc1cc(C)ccc1OC(F)F)NCCN(C)CCOC.I. The fraction of sp³-hybridized carbons (Fsp3) is 0.611. The molecule has 156 valence electrons. The van der Waals surface area contributed by atoms with Crippen LogP contribution in [0.4, 0.5) is 8.78 Å². The molecule has 0 aliphatic heterocycles. The lowest BCUT2D eigenvalue weighted by Gasteiger charge is -2.18. The van der Waals surface area contributed by atoms with E-state index in [1.807, 2.05) is 27.0 Å². The highest BCUT2D eigenvalue weighted by molar-refractivity contribution is 14.0. The third kappa shape index (κ3) is 11.3. The number of methoxy groups -OCH3 is 1. The summed E-state index contributed by atoms with van der Waals surface area (Å²) in [4.78, 5) is 6.63. The highest BCUT2D eigenvalue weighted by Crippen LogP contribution is 2.22. The molecule has 0 saturated heterocycles. The molecule has 6 nitrogen and oxygen atoms in total. The second-order valence-electron chi connectivity index (χ2n) is 5.91. The highest BCUT2D eigenvalue weighted by Gasteiger charge is 2.10. The van der Waals surface area contributed by atoms with Crippen molar-refractivity contribution in [3.05, 3.63) is 29.3 Å². The normalized spacial score (nSPS) is 11.5. The topological polar surface area (TPSA) is 58.1 Å². The van der Waals surface area contributed by atoms with E-state index >= 15 is 0 Å². The van der Waals surface area contributed by atoms with E-state index in [0.717, 1.165) is 18.7 Å². The predicted molar refractivity (Wildman–Crippen MR) is 115 cm³/mol. The maximum Gasteiger partial charge on any atom is 0.387 e. The molecule has 0 bridgehead atoms. The first kappa shape index (κ1) is 25.8. The van der Waals surface area contributed by atoms with Gasteiger partial charge >= 0.3 is 6.61 Å². The molecule has 0 aliphatic carbocycles. The summed E-state index contributed by atoms with van der Waals surface area (Å²) in [7, 11) is 3.70. The summed E-state index contributed by atoms with van der Waals surface area (Å²) in [5, 5.41) is 6.39. The highest BCUT2D eigenvalue weighted by atomic mass is 127. The summed E-state index contributed by atoms with van der Waals surface area (Å²) >= 11 is 0. The molecule has 9 heteroatoms. The zero-order chi connectivity index (χ0) is 19.4. The zero-order valence-electron chi connectivity index (χ0n) is 16.4. The number of ether oxygens (including phenoxy) is 2. The Morgan fingerprint density at radius 3 is 2.63 bits per heavy atom. The standard InChI is InChI=1S/C18H30F2N4O2.HI/c1-5-21-18(22-8-9-24(3)10-11-25-4)23-13-15-12-14(2)6-7-16(15)26-17(19)20;/h6-7,12,17H,5,8-11,13H2,1-4H3,(H2,21,22,23);1H. The minimum Gasteiger partial charge on any atom is -0.434 e. The molecule has 27 heavy (non-hydrogen) atoms. The van der Waals surface area contributed by atoms with Crippen LogP contribution in [-0.2, 0) is 11.3 Å². The molecule has 0 amide bonds. The third-order valence-corrected chi connectivity index (χ3v) is 3.65. The van der Waals surface area contributed by atoms with Gasteiger partial charge in [-0.2, -0.15) is 8.78 Å². The summed E-state index contributed by atoms with van der Waals surface area (Å²) < 4.78 is 34.7. The van der Waals surface area contributed by atoms with E-state index in [-0.39, 0.29) is 36.3 Å². The van der Waals surface area contributed by atoms with Crippen LogP contribution in [-0.4, -0.2) is 64.4 Å². The minimum atomic E-state index is -2.85. The Morgan fingerprint density at radius 1 is 1.26 bits per heavy atom. The second-order valence-corrected chi connectivity index (χ2v) is 5.91. The molecular weight excluding hydrogens is 469 g/mol. The average molecular weight is 500 g/mol. The van der Waals surface area contributed by atoms with Crippen LogP contribution < -0.4 is 15.4 Å². The molecule has 0 heterocycles. The van der Waals surface area contributed by atoms with E-state index in [9.17, 15) is 8.78 Å². The van der Waals surface area contributed by atoms with E-state index in [2.05, 4.69) is 25.3 Å². The Balaban J connectivity index is 0.00000676. The van der Waals surface area contributed by atoms with Crippen molar-refractivity contribution in [2.24, 2.45) is 4.99 Å². The van der Waals surface area contributed by atoms with Gasteiger partial charge in [-0.05, 0) is 27.0 Å². The van der Waals surface area contributed by atoms with Crippen molar-refractivity contribution in [3.8, 4) is 5.75 Å². The molecule has 0 unspecified atom stereocenters. The van der Waals surface area contributed by atoms with E-state index in [4.69, 9.17) is 4.74 Å². The quantitative estimate of drug-likeness (QED) is 0.278. The Kier molecular flexibility index (Phi) is 14.2. The van der Waals surface area contributed by atoms with E-state index in [1.54, 1.807) is 19.2 Å². The smallest absolute Gasteiger partial charge is 0.387 e. The first-order chi connectivity index (χ1) is 12.5. The van der Waals surface area contributed by atoms with E-state index < -0.39 is 6.61 Å². The van der Waals surface area contributed by atoms with Crippen LogP contribution in [0.1, 0.15) is 18.1 Å². The monoisotopic (exact) mass is 500 g/mol. The van der Waals surface area contributed by atoms with E-state index in [0.29, 0.717) is 31.2 Å². The Labute approximate surface area is 177 Å². The number of likely N-dealkylation sites (N-methyl/N-ethyl adjacent to an activating group) is 1. The number of guanidine groups is 1. The molecule has 0 saturated carbocycles. The molecule has 0 aliphatic rings. The number of halogens is 3. The van der Waals surface area contributed by atoms with Gasteiger partial charge < -0.3 is 25.0 Å². The molecule has 0 aromatic heterocycles. The number of alkyl halides is 2. The molecule has 0 radical (unpaired) electrons.